The zero-order valence-corrected chi connectivity index (χ0v) is 14.9. The van der Waals surface area contributed by atoms with Gasteiger partial charge in [-0.25, -0.2) is 4.79 Å². The van der Waals surface area contributed by atoms with Gasteiger partial charge in [0, 0.05) is 5.57 Å². The normalized spacial score (nSPS) is 38.9. The first-order valence-corrected chi connectivity index (χ1v) is 9.05. The first kappa shape index (κ1) is 17.2. The van der Waals surface area contributed by atoms with Crippen molar-refractivity contribution in [2.24, 2.45) is 22.7 Å². The van der Waals surface area contributed by atoms with Gasteiger partial charge in [0.2, 0.25) is 0 Å². The summed E-state index contributed by atoms with van der Waals surface area (Å²) >= 11 is 0. The number of carbonyl (C=O) groups is 2. The molecule has 0 amide bonds. The van der Waals surface area contributed by atoms with Crippen molar-refractivity contribution in [2.75, 3.05) is 6.61 Å². The van der Waals surface area contributed by atoms with Crippen LogP contribution < -0.4 is 0 Å². The van der Waals surface area contributed by atoms with Crippen molar-refractivity contribution >= 4 is 11.9 Å². The number of fused-ring (bicyclic) bond motifs is 1. The first-order valence-electron chi connectivity index (χ1n) is 9.05. The highest BCUT2D eigenvalue weighted by Gasteiger charge is 2.56. The Labute approximate surface area is 144 Å². The van der Waals surface area contributed by atoms with Crippen LogP contribution in [0.1, 0.15) is 59.3 Å². The summed E-state index contributed by atoms with van der Waals surface area (Å²) < 4.78 is 5.00. The second-order valence-corrected chi connectivity index (χ2v) is 8.20. The van der Waals surface area contributed by atoms with Gasteiger partial charge in [0.05, 0.1) is 5.92 Å². The van der Waals surface area contributed by atoms with E-state index in [1.807, 2.05) is 6.08 Å². The van der Waals surface area contributed by atoms with Gasteiger partial charge in [-0.1, -0.05) is 25.5 Å². The Morgan fingerprint density at radius 1 is 1.33 bits per heavy atom. The van der Waals surface area contributed by atoms with Gasteiger partial charge in [0.15, 0.2) is 0 Å². The van der Waals surface area contributed by atoms with Crippen molar-refractivity contribution in [2.45, 2.75) is 59.3 Å². The van der Waals surface area contributed by atoms with Gasteiger partial charge in [-0.15, -0.1) is 0 Å². The van der Waals surface area contributed by atoms with E-state index in [1.54, 1.807) is 0 Å². The summed E-state index contributed by atoms with van der Waals surface area (Å²) in [4.78, 5) is 23.7. The lowest BCUT2D eigenvalue weighted by atomic mass is 9.46. The monoisotopic (exact) mass is 332 g/mol. The lowest BCUT2D eigenvalue weighted by Gasteiger charge is -2.57. The van der Waals surface area contributed by atoms with Crippen molar-refractivity contribution in [3.8, 4) is 0 Å². The van der Waals surface area contributed by atoms with E-state index in [1.165, 1.54) is 5.57 Å². The highest BCUT2D eigenvalue weighted by molar-refractivity contribution is 5.90. The Bertz CT molecular complexity index is 617. The average Bonchev–Trinajstić information content (AvgIpc) is 2.92. The third kappa shape index (κ3) is 2.60. The second-order valence-electron chi connectivity index (χ2n) is 8.20. The van der Waals surface area contributed by atoms with Crippen LogP contribution in [-0.2, 0) is 14.3 Å². The van der Waals surface area contributed by atoms with Gasteiger partial charge in [0.1, 0.15) is 6.61 Å². The minimum atomic E-state index is -0.685. The smallest absolute Gasteiger partial charge is 0.334 e. The molecular formula is C20H28O4. The predicted molar refractivity (Wildman–Crippen MR) is 91.3 cm³/mol. The fraction of sp³-hybridized carbons (Fsp3) is 0.700. The van der Waals surface area contributed by atoms with E-state index in [0.29, 0.717) is 25.4 Å². The SMILES string of the molecule is CC1=CCC[C@@H]2[C@@](C)(CCC3=CCOC3=O)[C@H](C(=O)O)CC[C@@]12C. The van der Waals surface area contributed by atoms with E-state index >= 15 is 0 Å². The van der Waals surface area contributed by atoms with Crippen LogP contribution in [0.5, 0.6) is 0 Å². The van der Waals surface area contributed by atoms with E-state index < -0.39 is 5.97 Å². The number of carboxylic acids is 1. The summed E-state index contributed by atoms with van der Waals surface area (Å²) in [6.07, 6.45) is 9.25. The summed E-state index contributed by atoms with van der Waals surface area (Å²) in [5.74, 6) is -0.902. The van der Waals surface area contributed by atoms with Crippen LogP contribution in [0, 0.1) is 22.7 Å². The molecule has 24 heavy (non-hydrogen) atoms. The first-order chi connectivity index (χ1) is 11.3. The molecule has 1 fully saturated rings. The second kappa shape index (κ2) is 6.05. The molecule has 0 saturated heterocycles. The van der Waals surface area contributed by atoms with Crippen LogP contribution in [0.3, 0.4) is 0 Å². The molecule has 3 rings (SSSR count). The number of rotatable bonds is 4. The maximum absolute atomic E-state index is 12.0. The largest absolute Gasteiger partial charge is 0.481 e. The summed E-state index contributed by atoms with van der Waals surface area (Å²) in [7, 11) is 0. The summed E-state index contributed by atoms with van der Waals surface area (Å²) in [6, 6.07) is 0. The average molecular weight is 332 g/mol. The molecule has 1 aliphatic heterocycles. The molecule has 0 spiro atoms. The van der Waals surface area contributed by atoms with Crippen molar-refractivity contribution in [1.82, 2.24) is 0 Å². The number of allylic oxidation sites excluding steroid dienone is 2. The molecule has 0 aromatic rings. The number of ether oxygens (including phenoxy) is 1. The Balaban J connectivity index is 1.90. The molecule has 0 radical (unpaired) electrons. The fourth-order valence-corrected chi connectivity index (χ4v) is 5.49. The molecule has 3 aliphatic rings. The lowest BCUT2D eigenvalue weighted by molar-refractivity contribution is -0.156. The molecule has 1 heterocycles. The molecule has 1 N–H and O–H groups in total. The highest BCUT2D eigenvalue weighted by Crippen LogP contribution is 2.62. The molecule has 0 aromatic heterocycles. The third-order valence-electron chi connectivity index (χ3n) is 7.16. The number of aliphatic carboxylic acids is 1. The summed E-state index contributed by atoms with van der Waals surface area (Å²) in [6.45, 7) is 7.01. The molecule has 132 valence electrons. The van der Waals surface area contributed by atoms with Crippen molar-refractivity contribution in [3.05, 3.63) is 23.3 Å². The maximum Gasteiger partial charge on any atom is 0.334 e. The van der Waals surface area contributed by atoms with Gasteiger partial charge >= 0.3 is 11.9 Å². The van der Waals surface area contributed by atoms with Gasteiger partial charge in [-0.05, 0) is 68.3 Å². The van der Waals surface area contributed by atoms with E-state index in [4.69, 9.17) is 4.74 Å². The lowest BCUT2D eigenvalue weighted by Crippen LogP contribution is -2.52. The van der Waals surface area contributed by atoms with Crippen LogP contribution in [0.2, 0.25) is 0 Å². The van der Waals surface area contributed by atoms with E-state index in [2.05, 4.69) is 26.8 Å². The summed E-state index contributed by atoms with van der Waals surface area (Å²) in [5, 5.41) is 9.84. The van der Waals surface area contributed by atoms with E-state index in [-0.39, 0.29) is 22.7 Å². The summed E-state index contributed by atoms with van der Waals surface area (Å²) in [5.41, 5.74) is 1.92. The number of cyclic esters (lactones) is 1. The zero-order chi connectivity index (χ0) is 17.5. The van der Waals surface area contributed by atoms with Crippen molar-refractivity contribution < 1.29 is 19.4 Å². The van der Waals surface area contributed by atoms with Crippen LogP contribution in [-0.4, -0.2) is 23.7 Å². The fourth-order valence-electron chi connectivity index (χ4n) is 5.49. The van der Waals surface area contributed by atoms with E-state index in [0.717, 1.165) is 31.3 Å². The molecule has 1 saturated carbocycles. The molecule has 4 atom stereocenters. The zero-order valence-electron chi connectivity index (χ0n) is 14.9. The van der Waals surface area contributed by atoms with Crippen molar-refractivity contribution in [1.29, 1.82) is 0 Å². The molecule has 0 aromatic carbocycles. The highest BCUT2D eigenvalue weighted by atomic mass is 16.5. The topological polar surface area (TPSA) is 63.6 Å². The number of hydrogen-bond donors (Lipinski definition) is 1. The molecule has 4 nitrogen and oxygen atoms in total. The molecule has 0 unspecified atom stereocenters. The Hall–Kier alpha value is -1.58. The van der Waals surface area contributed by atoms with Crippen LogP contribution >= 0.6 is 0 Å². The van der Waals surface area contributed by atoms with Gasteiger partial charge in [0.25, 0.3) is 0 Å². The minimum absolute atomic E-state index is 0.0868. The number of hydrogen-bond acceptors (Lipinski definition) is 3. The molecule has 0 bridgehead atoms. The maximum atomic E-state index is 12.0. The van der Waals surface area contributed by atoms with Crippen LogP contribution in [0.25, 0.3) is 0 Å². The number of carbonyl (C=O) groups excluding carboxylic acids is 1. The van der Waals surface area contributed by atoms with Gasteiger partial charge in [-0.3, -0.25) is 4.79 Å². The number of carboxylic acid groups (broad SMARTS) is 1. The third-order valence-corrected chi connectivity index (χ3v) is 7.16. The van der Waals surface area contributed by atoms with Crippen LogP contribution in [0.15, 0.2) is 23.3 Å². The standard InChI is InChI=1S/C20H28O4/c1-13-5-4-6-16-19(13,2)11-8-15(17(21)22)20(16,3)10-7-14-9-12-24-18(14)23/h5,9,15-16H,4,6-8,10-12H2,1-3H3,(H,21,22)/t15-,16-,19-,20-/m0/s1. The Morgan fingerprint density at radius 3 is 2.71 bits per heavy atom. The Kier molecular flexibility index (Phi) is 4.35. The Morgan fingerprint density at radius 2 is 2.08 bits per heavy atom. The van der Waals surface area contributed by atoms with Crippen molar-refractivity contribution in [3.63, 3.8) is 0 Å². The van der Waals surface area contributed by atoms with Gasteiger partial charge in [-0.2, -0.15) is 0 Å². The van der Waals surface area contributed by atoms with Gasteiger partial charge < -0.3 is 9.84 Å². The number of esters is 1. The van der Waals surface area contributed by atoms with Crippen LogP contribution in [0.4, 0.5) is 0 Å². The van der Waals surface area contributed by atoms with E-state index in [9.17, 15) is 14.7 Å². The molecule has 2 aliphatic carbocycles. The molecule has 4 heteroatoms. The quantitative estimate of drug-likeness (QED) is 0.621. The predicted octanol–water partition coefficient (Wildman–Crippen LogP) is 4.11. The minimum Gasteiger partial charge on any atom is -0.481 e. The molecular weight excluding hydrogens is 304 g/mol.